The predicted octanol–water partition coefficient (Wildman–Crippen LogP) is 1.78. The standard InChI is InChI=1S/C13H15N3O3/c17-11-9-2-6-13(4-1-5-13)8-15(9)12(18)16(11)10-3-7-19-14-10/h3,7,9H,1-2,4-6,8H2. The number of hydrogen-bond donors (Lipinski definition) is 0. The molecule has 1 aromatic rings. The third-order valence-electron chi connectivity index (χ3n) is 4.84. The number of nitrogens with zero attached hydrogens (tertiary/aromatic N) is 3. The molecule has 1 aromatic heterocycles. The molecule has 6 nitrogen and oxygen atoms in total. The van der Waals surface area contributed by atoms with Crippen molar-refractivity contribution in [1.82, 2.24) is 10.1 Å². The van der Waals surface area contributed by atoms with E-state index in [9.17, 15) is 9.59 Å². The molecule has 3 amide bonds. The number of hydrogen-bond acceptors (Lipinski definition) is 4. The third-order valence-corrected chi connectivity index (χ3v) is 4.84. The van der Waals surface area contributed by atoms with Gasteiger partial charge in [0.25, 0.3) is 5.91 Å². The molecule has 4 rings (SSSR count). The molecule has 0 bridgehead atoms. The van der Waals surface area contributed by atoms with Crippen molar-refractivity contribution in [2.75, 3.05) is 11.4 Å². The smallest absolute Gasteiger partial charge is 0.333 e. The first-order valence-corrected chi connectivity index (χ1v) is 6.75. The van der Waals surface area contributed by atoms with Crippen LogP contribution in [0.2, 0.25) is 0 Å². The minimum atomic E-state index is -0.296. The first-order valence-electron chi connectivity index (χ1n) is 6.75. The molecule has 6 heteroatoms. The molecular weight excluding hydrogens is 246 g/mol. The number of carbonyl (C=O) groups is 2. The minimum Gasteiger partial charge on any atom is -0.363 e. The summed E-state index contributed by atoms with van der Waals surface area (Å²) in [7, 11) is 0. The summed E-state index contributed by atoms with van der Waals surface area (Å²) in [4.78, 5) is 27.7. The molecule has 3 heterocycles. The fraction of sp³-hybridized carbons (Fsp3) is 0.615. The van der Waals surface area contributed by atoms with E-state index in [1.807, 2.05) is 0 Å². The Morgan fingerprint density at radius 1 is 1.32 bits per heavy atom. The maximum atomic E-state index is 12.4. The summed E-state index contributed by atoms with van der Waals surface area (Å²) < 4.78 is 4.74. The highest BCUT2D eigenvalue weighted by atomic mass is 16.5. The lowest BCUT2D eigenvalue weighted by Crippen LogP contribution is -2.51. The van der Waals surface area contributed by atoms with Crippen LogP contribution in [0.4, 0.5) is 10.6 Å². The highest BCUT2D eigenvalue weighted by Gasteiger charge is 2.54. The lowest BCUT2D eigenvalue weighted by molar-refractivity contribution is -0.122. The van der Waals surface area contributed by atoms with Crippen molar-refractivity contribution in [3.05, 3.63) is 12.3 Å². The Morgan fingerprint density at radius 2 is 2.16 bits per heavy atom. The summed E-state index contributed by atoms with van der Waals surface area (Å²) in [5, 5.41) is 3.71. The van der Waals surface area contributed by atoms with Crippen LogP contribution in [-0.4, -0.2) is 34.6 Å². The maximum absolute atomic E-state index is 12.4. The van der Waals surface area contributed by atoms with Gasteiger partial charge in [0.15, 0.2) is 5.82 Å². The summed E-state index contributed by atoms with van der Waals surface area (Å²) in [6.45, 7) is 0.719. The second-order valence-electron chi connectivity index (χ2n) is 5.85. The number of rotatable bonds is 1. The molecule has 1 atom stereocenters. The molecule has 0 N–H and O–H groups in total. The molecule has 3 fully saturated rings. The molecule has 2 saturated heterocycles. The van der Waals surface area contributed by atoms with Crippen molar-refractivity contribution in [1.29, 1.82) is 0 Å². The predicted molar refractivity (Wildman–Crippen MR) is 65.4 cm³/mol. The number of piperidine rings is 1. The van der Waals surface area contributed by atoms with Gasteiger partial charge in [-0.25, -0.2) is 9.69 Å². The molecule has 1 unspecified atom stereocenters. The van der Waals surface area contributed by atoms with Crippen LogP contribution in [0.15, 0.2) is 16.9 Å². The highest BCUT2D eigenvalue weighted by molar-refractivity contribution is 6.20. The lowest BCUT2D eigenvalue weighted by atomic mass is 9.63. The number of carbonyl (C=O) groups excluding carboxylic acids is 2. The van der Waals surface area contributed by atoms with Crippen LogP contribution >= 0.6 is 0 Å². The quantitative estimate of drug-likeness (QED) is 0.723. The van der Waals surface area contributed by atoms with Crippen molar-refractivity contribution < 1.29 is 14.1 Å². The zero-order chi connectivity index (χ0) is 13.0. The first-order chi connectivity index (χ1) is 9.20. The molecule has 0 radical (unpaired) electrons. The van der Waals surface area contributed by atoms with Gasteiger partial charge in [-0.15, -0.1) is 0 Å². The van der Waals surface area contributed by atoms with Crippen molar-refractivity contribution >= 4 is 17.8 Å². The summed E-state index contributed by atoms with van der Waals surface area (Å²) in [5.41, 5.74) is 0.284. The average Bonchev–Trinajstić information content (AvgIpc) is 2.96. The van der Waals surface area contributed by atoms with Gasteiger partial charge in [0, 0.05) is 12.6 Å². The number of anilines is 1. The van der Waals surface area contributed by atoms with Gasteiger partial charge in [0.05, 0.1) is 0 Å². The molecule has 3 aliphatic rings. The average molecular weight is 261 g/mol. The van der Waals surface area contributed by atoms with E-state index in [2.05, 4.69) is 5.16 Å². The Balaban J connectivity index is 1.65. The Hall–Kier alpha value is -1.85. The van der Waals surface area contributed by atoms with Gasteiger partial charge >= 0.3 is 6.03 Å². The van der Waals surface area contributed by atoms with Crippen LogP contribution < -0.4 is 4.90 Å². The van der Waals surface area contributed by atoms with Gasteiger partial charge in [0.1, 0.15) is 12.3 Å². The van der Waals surface area contributed by atoms with E-state index in [0.29, 0.717) is 5.82 Å². The summed E-state index contributed by atoms with van der Waals surface area (Å²) in [6.07, 6.45) is 6.82. The van der Waals surface area contributed by atoms with Crippen molar-refractivity contribution in [3.63, 3.8) is 0 Å². The Morgan fingerprint density at radius 3 is 2.79 bits per heavy atom. The van der Waals surface area contributed by atoms with E-state index in [0.717, 1.165) is 24.3 Å². The summed E-state index contributed by atoms with van der Waals surface area (Å²) >= 11 is 0. The topological polar surface area (TPSA) is 66.7 Å². The van der Waals surface area contributed by atoms with Gasteiger partial charge in [-0.2, -0.15) is 0 Å². The van der Waals surface area contributed by atoms with Gasteiger partial charge in [-0.1, -0.05) is 11.6 Å². The van der Waals surface area contributed by atoms with Gasteiger partial charge in [-0.3, -0.25) is 4.79 Å². The molecule has 19 heavy (non-hydrogen) atoms. The zero-order valence-corrected chi connectivity index (χ0v) is 10.5. The molecule has 1 aliphatic carbocycles. The second kappa shape index (κ2) is 3.59. The highest BCUT2D eigenvalue weighted by Crippen LogP contribution is 2.50. The number of aromatic nitrogens is 1. The van der Waals surface area contributed by atoms with Crippen molar-refractivity contribution in [2.24, 2.45) is 5.41 Å². The van der Waals surface area contributed by atoms with Crippen LogP contribution in [-0.2, 0) is 4.79 Å². The minimum absolute atomic E-state index is 0.159. The SMILES string of the molecule is O=C1C2CCC3(CCC3)CN2C(=O)N1c1ccon1. The number of amides is 3. The Kier molecular flexibility index (Phi) is 2.08. The van der Waals surface area contributed by atoms with E-state index < -0.39 is 0 Å². The fourth-order valence-electron chi connectivity index (χ4n) is 3.60. The normalized spacial score (nSPS) is 28.7. The van der Waals surface area contributed by atoms with E-state index in [1.54, 1.807) is 11.0 Å². The van der Waals surface area contributed by atoms with Crippen LogP contribution in [0.25, 0.3) is 0 Å². The number of urea groups is 1. The monoisotopic (exact) mass is 261 g/mol. The maximum Gasteiger partial charge on any atom is 0.333 e. The van der Waals surface area contributed by atoms with Crippen LogP contribution in [0.1, 0.15) is 32.1 Å². The molecule has 1 saturated carbocycles. The molecule has 100 valence electrons. The van der Waals surface area contributed by atoms with E-state index in [1.165, 1.54) is 25.5 Å². The fourth-order valence-corrected chi connectivity index (χ4v) is 3.60. The van der Waals surface area contributed by atoms with E-state index in [-0.39, 0.29) is 23.4 Å². The third kappa shape index (κ3) is 1.39. The largest absolute Gasteiger partial charge is 0.363 e. The molecular formula is C13H15N3O3. The van der Waals surface area contributed by atoms with Crippen molar-refractivity contribution in [3.8, 4) is 0 Å². The molecule has 0 aromatic carbocycles. The lowest BCUT2D eigenvalue weighted by Gasteiger charge is -2.49. The second-order valence-corrected chi connectivity index (χ2v) is 5.85. The first kappa shape index (κ1) is 11.0. The van der Waals surface area contributed by atoms with Gasteiger partial charge in [0.2, 0.25) is 0 Å². The van der Waals surface area contributed by atoms with Crippen molar-refractivity contribution in [2.45, 2.75) is 38.1 Å². The number of imide groups is 1. The number of fused-ring (bicyclic) bond motifs is 1. The van der Waals surface area contributed by atoms with E-state index in [4.69, 9.17) is 4.52 Å². The van der Waals surface area contributed by atoms with Crippen LogP contribution in [0.3, 0.4) is 0 Å². The van der Waals surface area contributed by atoms with Crippen LogP contribution in [0, 0.1) is 5.41 Å². The Labute approximate surface area is 110 Å². The molecule has 2 aliphatic heterocycles. The zero-order valence-electron chi connectivity index (χ0n) is 10.5. The van der Waals surface area contributed by atoms with Gasteiger partial charge < -0.3 is 9.42 Å². The van der Waals surface area contributed by atoms with Gasteiger partial charge in [-0.05, 0) is 31.1 Å². The summed E-state index contributed by atoms with van der Waals surface area (Å²) in [6, 6.07) is 1.01. The van der Waals surface area contributed by atoms with Crippen LogP contribution in [0.5, 0.6) is 0 Å². The Bertz CT molecular complexity index is 535. The summed E-state index contributed by atoms with van der Waals surface area (Å²) in [5.74, 6) is 0.139. The van der Waals surface area contributed by atoms with E-state index >= 15 is 0 Å². The molecule has 1 spiro atoms.